The first-order valence-corrected chi connectivity index (χ1v) is 8.75. The highest BCUT2D eigenvalue weighted by molar-refractivity contribution is 7.90. The van der Waals surface area contributed by atoms with E-state index in [1.165, 1.54) is 18.4 Å². The second kappa shape index (κ2) is 7.97. The number of aliphatic imine (C=N–C) groups is 1. The molecule has 0 fully saturated rings. The minimum Gasteiger partial charge on any atom is -0.354 e. The van der Waals surface area contributed by atoms with Crippen molar-refractivity contribution in [3.05, 3.63) is 35.6 Å². The SMILES string of the molecule is CN=C(NCc1cccc(F)c1)NC(C)CCS(C)(=O)=O. The van der Waals surface area contributed by atoms with E-state index in [0.29, 0.717) is 18.9 Å². The lowest BCUT2D eigenvalue weighted by atomic mass is 10.2. The Labute approximate surface area is 125 Å². The lowest BCUT2D eigenvalue weighted by Crippen LogP contribution is -2.42. The molecule has 0 aliphatic rings. The molecule has 0 aliphatic heterocycles. The zero-order valence-electron chi connectivity index (χ0n) is 12.6. The highest BCUT2D eigenvalue weighted by Gasteiger charge is 2.09. The van der Waals surface area contributed by atoms with Crippen LogP contribution in [0.3, 0.4) is 0 Å². The van der Waals surface area contributed by atoms with Crippen LogP contribution < -0.4 is 10.6 Å². The zero-order valence-corrected chi connectivity index (χ0v) is 13.4. The average Bonchev–Trinajstić information content (AvgIpc) is 2.40. The summed E-state index contributed by atoms with van der Waals surface area (Å²) in [5.74, 6) is 0.404. The van der Waals surface area contributed by atoms with Crippen LogP contribution in [-0.4, -0.2) is 39.5 Å². The number of nitrogens with zero attached hydrogens (tertiary/aromatic N) is 1. The summed E-state index contributed by atoms with van der Waals surface area (Å²) in [4.78, 5) is 4.06. The van der Waals surface area contributed by atoms with Crippen molar-refractivity contribution in [3.63, 3.8) is 0 Å². The Kier molecular flexibility index (Phi) is 6.61. The van der Waals surface area contributed by atoms with Gasteiger partial charge in [-0.2, -0.15) is 0 Å². The number of halogens is 1. The van der Waals surface area contributed by atoms with Gasteiger partial charge < -0.3 is 10.6 Å². The summed E-state index contributed by atoms with van der Waals surface area (Å²) in [5.41, 5.74) is 0.807. The van der Waals surface area contributed by atoms with Gasteiger partial charge in [-0.1, -0.05) is 12.1 Å². The Balaban J connectivity index is 2.45. The number of benzene rings is 1. The second-order valence-corrected chi connectivity index (χ2v) is 7.28. The fraction of sp³-hybridized carbons (Fsp3) is 0.500. The lowest BCUT2D eigenvalue weighted by Gasteiger charge is -2.17. The minimum absolute atomic E-state index is 0.0292. The Bertz CT molecular complexity index is 588. The third kappa shape index (κ3) is 7.65. The second-order valence-electron chi connectivity index (χ2n) is 5.02. The van der Waals surface area contributed by atoms with Crippen molar-refractivity contribution in [3.8, 4) is 0 Å². The maximum absolute atomic E-state index is 13.1. The summed E-state index contributed by atoms with van der Waals surface area (Å²) in [6, 6.07) is 6.28. The van der Waals surface area contributed by atoms with Crippen molar-refractivity contribution in [2.75, 3.05) is 19.1 Å². The number of hydrogen-bond donors (Lipinski definition) is 2. The van der Waals surface area contributed by atoms with E-state index in [4.69, 9.17) is 0 Å². The maximum Gasteiger partial charge on any atom is 0.191 e. The molecule has 0 heterocycles. The van der Waals surface area contributed by atoms with E-state index in [1.54, 1.807) is 13.1 Å². The third-order valence-electron chi connectivity index (χ3n) is 2.88. The molecule has 0 amide bonds. The maximum atomic E-state index is 13.1. The molecule has 1 aromatic carbocycles. The van der Waals surface area contributed by atoms with Crippen molar-refractivity contribution in [1.29, 1.82) is 0 Å². The van der Waals surface area contributed by atoms with Crippen molar-refractivity contribution in [2.45, 2.75) is 25.9 Å². The Morgan fingerprint density at radius 3 is 2.71 bits per heavy atom. The monoisotopic (exact) mass is 315 g/mol. The van der Waals surface area contributed by atoms with Crippen LogP contribution in [0.4, 0.5) is 4.39 Å². The molecule has 0 saturated heterocycles. The van der Waals surface area contributed by atoms with Crippen LogP contribution in [0.2, 0.25) is 0 Å². The van der Waals surface area contributed by atoms with Gasteiger partial charge in [0, 0.05) is 25.9 Å². The van der Waals surface area contributed by atoms with Gasteiger partial charge in [0.25, 0.3) is 0 Å². The van der Waals surface area contributed by atoms with Gasteiger partial charge in [-0.3, -0.25) is 4.99 Å². The molecule has 0 aromatic heterocycles. The van der Waals surface area contributed by atoms with Crippen LogP contribution in [0, 0.1) is 5.82 Å². The molecule has 1 rings (SSSR count). The lowest BCUT2D eigenvalue weighted by molar-refractivity contribution is 0.581. The zero-order chi connectivity index (χ0) is 15.9. The largest absolute Gasteiger partial charge is 0.354 e. The van der Waals surface area contributed by atoms with E-state index in [0.717, 1.165) is 5.56 Å². The van der Waals surface area contributed by atoms with E-state index in [2.05, 4.69) is 15.6 Å². The van der Waals surface area contributed by atoms with Gasteiger partial charge in [0.2, 0.25) is 0 Å². The van der Waals surface area contributed by atoms with E-state index >= 15 is 0 Å². The van der Waals surface area contributed by atoms with Gasteiger partial charge in [0.1, 0.15) is 15.7 Å². The molecule has 0 bridgehead atoms. The van der Waals surface area contributed by atoms with Crippen LogP contribution >= 0.6 is 0 Å². The molecule has 21 heavy (non-hydrogen) atoms. The molecule has 0 aliphatic carbocycles. The van der Waals surface area contributed by atoms with E-state index in [-0.39, 0.29) is 17.6 Å². The van der Waals surface area contributed by atoms with Crippen molar-refractivity contribution in [1.82, 2.24) is 10.6 Å². The molecule has 1 unspecified atom stereocenters. The van der Waals surface area contributed by atoms with Gasteiger partial charge in [0.05, 0.1) is 5.75 Å². The van der Waals surface area contributed by atoms with Crippen LogP contribution in [0.5, 0.6) is 0 Å². The number of rotatable bonds is 6. The molecule has 5 nitrogen and oxygen atoms in total. The van der Waals surface area contributed by atoms with Crippen molar-refractivity contribution >= 4 is 15.8 Å². The molecular formula is C14H22FN3O2S. The van der Waals surface area contributed by atoms with Crippen molar-refractivity contribution < 1.29 is 12.8 Å². The fourth-order valence-corrected chi connectivity index (χ4v) is 2.51. The standard InChI is InChI=1S/C14H22FN3O2S/c1-11(7-8-21(3,19)20)18-14(16-2)17-10-12-5-4-6-13(15)9-12/h4-6,9,11H,7-8,10H2,1-3H3,(H2,16,17,18). The summed E-state index contributed by atoms with van der Waals surface area (Å²) in [5, 5.41) is 6.17. The van der Waals surface area contributed by atoms with Gasteiger partial charge in [-0.15, -0.1) is 0 Å². The van der Waals surface area contributed by atoms with Crippen LogP contribution in [0.25, 0.3) is 0 Å². The van der Waals surface area contributed by atoms with Gasteiger partial charge in [-0.25, -0.2) is 12.8 Å². The van der Waals surface area contributed by atoms with E-state index in [9.17, 15) is 12.8 Å². The Hall–Kier alpha value is -1.63. The first kappa shape index (κ1) is 17.4. The average molecular weight is 315 g/mol. The summed E-state index contributed by atoms with van der Waals surface area (Å²) < 4.78 is 35.3. The first-order chi connectivity index (χ1) is 9.80. The number of nitrogens with one attached hydrogen (secondary N) is 2. The summed E-state index contributed by atoms with van der Waals surface area (Å²) >= 11 is 0. The number of hydrogen-bond acceptors (Lipinski definition) is 3. The quantitative estimate of drug-likeness (QED) is 0.613. The summed E-state index contributed by atoms with van der Waals surface area (Å²) in [6.07, 6.45) is 1.72. The smallest absolute Gasteiger partial charge is 0.191 e. The number of guanidine groups is 1. The van der Waals surface area contributed by atoms with Crippen LogP contribution in [0.1, 0.15) is 18.9 Å². The first-order valence-electron chi connectivity index (χ1n) is 6.69. The predicted molar refractivity (Wildman–Crippen MR) is 83.5 cm³/mol. The van der Waals surface area contributed by atoms with Crippen LogP contribution in [0.15, 0.2) is 29.3 Å². The molecular weight excluding hydrogens is 293 g/mol. The molecule has 1 aromatic rings. The van der Waals surface area contributed by atoms with Crippen molar-refractivity contribution in [2.24, 2.45) is 4.99 Å². The van der Waals surface area contributed by atoms with Crippen LogP contribution in [-0.2, 0) is 16.4 Å². The molecule has 0 saturated carbocycles. The molecule has 1 atom stereocenters. The summed E-state index contributed by atoms with van der Waals surface area (Å²) in [6.45, 7) is 2.33. The third-order valence-corrected chi connectivity index (χ3v) is 3.85. The minimum atomic E-state index is -2.96. The molecule has 0 radical (unpaired) electrons. The molecule has 2 N–H and O–H groups in total. The highest BCUT2D eigenvalue weighted by atomic mass is 32.2. The molecule has 0 spiro atoms. The molecule has 7 heteroatoms. The Morgan fingerprint density at radius 1 is 1.43 bits per heavy atom. The van der Waals surface area contributed by atoms with Gasteiger partial charge in [-0.05, 0) is 31.0 Å². The van der Waals surface area contributed by atoms with E-state index in [1.807, 2.05) is 13.0 Å². The predicted octanol–water partition coefficient (Wildman–Crippen LogP) is 1.31. The highest BCUT2D eigenvalue weighted by Crippen LogP contribution is 2.03. The normalized spacial score (nSPS) is 13.8. The molecule has 118 valence electrons. The van der Waals surface area contributed by atoms with E-state index < -0.39 is 9.84 Å². The Morgan fingerprint density at radius 2 is 2.14 bits per heavy atom. The van der Waals surface area contributed by atoms with Gasteiger partial charge in [0.15, 0.2) is 5.96 Å². The van der Waals surface area contributed by atoms with Gasteiger partial charge >= 0.3 is 0 Å². The summed E-state index contributed by atoms with van der Waals surface area (Å²) in [7, 11) is -1.33. The number of sulfone groups is 1. The topological polar surface area (TPSA) is 70.6 Å². The fourth-order valence-electron chi connectivity index (χ4n) is 1.72.